The number of rotatable bonds is 5. The van der Waals surface area contributed by atoms with Gasteiger partial charge < -0.3 is 15.3 Å². The molecule has 0 radical (unpaired) electrons. The van der Waals surface area contributed by atoms with Crippen LogP contribution < -0.4 is 15.8 Å². The summed E-state index contributed by atoms with van der Waals surface area (Å²) in [5, 5.41) is 15.1. The molecule has 0 bridgehead atoms. The van der Waals surface area contributed by atoms with Crippen molar-refractivity contribution in [3.8, 4) is 0 Å². The van der Waals surface area contributed by atoms with Crippen LogP contribution in [0.15, 0.2) is 17.1 Å². The average Bonchev–Trinajstić information content (AvgIpc) is 2.92. The van der Waals surface area contributed by atoms with Crippen molar-refractivity contribution < 1.29 is 9.90 Å². The molecule has 1 aliphatic rings. The first-order chi connectivity index (χ1) is 9.20. The summed E-state index contributed by atoms with van der Waals surface area (Å²) >= 11 is 0. The van der Waals surface area contributed by atoms with Gasteiger partial charge in [0.25, 0.3) is 5.56 Å². The Morgan fingerprint density at radius 3 is 2.79 bits per heavy atom. The van der Waals surface area contributed by atoms with Crippen molar-refractivity contribution in [2.45, 2.75) is 19.4 Å². The second-order valence-electron chi connectivity index (χ2n) is 4.48. The predicted molar refractivity (Wildman–Crippen MR) is 70.0 cm³/mol. The molecule has 0 spiro atoms. The van der Waals surface area contributed by atoms with Crippen molar-refractivity contribution in [3.05, 3.63) is 22.6 Å². The molecule has 7 nitrogen and oxygen atoms in total. The number of amides is 1. The maximum Gasteiger partial charge on any atom is 0.269 e. The molecule has 0 aromatic carbocycles. The first kappa shape index (κ1) is 13.5. The van der Waals surface area contributed by atoms with Crippen molar-refractivity contribution in [1.82, 2.24) is 15.1 Å². The van der Waals surface area contributed by atoms with Gasteiger partial charge in [0.15, 0.2) is 0 Å². The maximum atomic E-state index is 11.9. The summed E-state index contributed by atoms with van der Waals surface area (Å²) in [6.45, 7) is 1.82. The summed E-state index contributed by atoms with van der Waals surface area (Å²) in [5.41, 5.74) is 0.526. The van der Waals surface area contributed by atoms with Crippen molar-refractivity contribution in [2.75, 3.05) is 31.1 Å². The topological polar surface area (TPSA) is 87.5 Å². The minimum Gasteiger partial charge on any atom is -0.395 e. The maximum absolute atomic E-state index is 11.9. The number of nitrogens with one attached hydrogen (secondary N) is 1. The Balaban J connectivity index is 2.02. The van der Waals surface area contributed by atoms with Gasteiger partial charge in [-0.25, -0.2) is 4.68 Å². The summed E-state index contributed by atoms with van der Waals surface area (Å²) in [7, 11) is 0. The summed E-state index contributed by atoms with van der Waals surface area (Å²) < 4.78 is 1.12. The second kappa shape index (κ2) is 6.33. The number of hydrogen-bond donors (Lipinski definition) is 2. The van der Waals surface area contributed by atoms with Gasteiger partial charge in [0, 0.05) is 25.7 Å². The van der Waals surface area contributed by atoms with Crippen molar-refractivity contribution in [3.63, 3.8) is 0 Å². The molecule has 0 saturated carbocycles. The number of aliphatic hydroxyl groups is 1. The van der Waals surface area contributed by atoms with E-state index in [1.165, 1.54) is 6.07 Å². The van der Waals surface area contributed by atoms with Crippen LogP contribution in [0.3, 0.4) is 0 Å². The Bertz CT molecular complexity index is 494. The largest absolute Gasteiger partial charge is 0.395 e. The van der Waals surface area contributed by atoms with E-state index in [1.54, 1.807) is 6.20 Å². The van der Waals surface area contributed by atoms with Crippen LogP contribution in [0, 0.1) is 0 Å². The minimum absolute atomic E-state index is 0.123. The number of aliphatic hydroxyl groups excluding tert-OH is 1. The van der Waals surface area contributed by atoms with Crippen LogP contribution in [0.2, 0.25) is 0 Å². The Morgan fingerprint density at radius 2 is 2.16 bits per heavy atom. The molecule has 7 heteroatoms. The van der Waals surface area contributed by atoms with E-state index in [-0.39, 0.29) is 31.2 Å². The zero-order valence-corrected chi connectivity index (χ0v) is 10.7. The van der Waals surface area contributed by atoms with Crippen LogP contribution in [0.5, 0.6) is 0 Å². The van der Waals surface area contributed by atoms with Gasteiger partial charge in [-0.1, -0.05) is 0 Å². The summed E-state index contributed by atoms with van der Waals surface area (Å²) in [6.07, 6.45) is 3.88. The van der Waals surface area contributed by atoms with Crippen LogP contribution in [0.1, 0.15) is 12.8 Å². The van der Waals surface area contributed by atoms with Gasteiger partial charge in [-0.2, -0.15) is 5.10 Å². The number of hydrogen-bond acceptors (Lipinski definition) is 5. The lowest BCUT2D eigenvalue weighted by Gasteiger charge is -2.16. The normalized spacial score (nSPS) is 14.7. The highest BCUT2D eigenvalue weighted by atomic mass is 16.3. The van der Waals surface area contributed by atoms with Gasteiger partial charge >= 0.3 is 0 Å². The van der Waals surface area contributed by atoms with Crippen molar-refractivity contribution >= 4 is 11.6 Å². The smallest absolute Gasteiger partial charge is 0.269 e. The van der Waals surface area contributed by atoms with Crippen molar-refractivity contribution in [1.29, 1.82) is 0 Å². The zero-order chi connectivity index (χ0) is 13.7. The molecule has 1 aromatic heterocycles. The molecule has 104 valence electrons. The lowest BCUT2D eigenvalue weighted by Crippen LogP contribution is -2.35. The average molecular weight is 266 g/mol. The quantitative estimate of drug-likeness (QED) is 0.710. The molecule has 0 atom stereocenters. The minimum atomic E-state index is -0.336. The highest BCUT2D eigenvalue weighted by Crippen LogP contribution is 2.16. The van der Waals surface area contributed by atoms with Gasteiger partial charge in [-0.15, -0.1) is 0 Å². The molecule has 1 aliphatic heterocycles. The molecule has 0 aliphatic carbocycles. The fourth-order valence-corrected chi connectivity index (χ4v) is 2.08. The third-order valence-corrected chi connectivity index (χ3v) is 3.05. The molecular weight excluding hydrogens is 248 g/mol. The van der Waals surface area contributed by atoms with Crippen LogP contribution in [-0.4, -0.2) is 47.0 Å². The van der Waals surface area contributed by atoms with Gasteiger partial charge in [0.05, 0.1) is 18.5 Å². The molecule has 2 N–H and O–H groups in total. The third-order valence-electron chi connectivity index (χ3n) is 3.05. The van der Waals surface area contributed by atoms with E-state index in [2.05, 4.69) is 15.3 Å². The van der Waals surface area contributed by atoms with Crippen LogP contribution in [-0.2, 0) is 11.3 Å². The van der Waals surface area contributed by atoms with Gasteiger partial charge in [0.2, 0.25) is 5.91 Å². The highest BCUT2D eigenvalue weighted by molar-refractivity contribution is 5.75. The lowest BCUT2D eigenvalue weighted by molar-refractivity contribution is -0.122. The van der Waals surface area contributed by atoms with Crippen LogP contribution in [0.25, 0.3) is 0 Å². The van der Waals surface area contributed by atoms with Gasteiger partial charge in [0.1, 0.15) is 6.54 Å². The number of anilines is 1. The standard InChI is InChI=1S/C12H18N4O3/c17-6-3-13-11(18)9-16-12(19)7-10(8-14-16)15-4-1-2-5-15/h7-8,17H,1-6,9H2,(H,13,18). The molecule has 2 heterocycles. The van der Waals surface area contributed by atoms with Crippen LogP contribution in [0.4, 0.5) is 5.69 Å². The number of carbonyl (C=O) groups is 1. The molecule has 1 fully saturated rings. The fourth-order valence-electron chi connectivity index (χ4n) is 2.08. The summed E-state index contributed by atoms with van der Waals surface area (Å²) in [4.78, 5) is 25.4. The van der Waals surface area contributed by atoms with E-state index < -0.39 is 0 Å². The molecule has 19 heavy (non-hydrogen) atoms. The Morgan fingerprint density at radius 1 is 1.42 bits per heavy atom. The Hall–Kier alpha value is -1.89. The number of aromatic nitrogens is 2. The monoisotopic (exact) mass is 266 g/mol. The number of carbonyl (C=O) groups excluding carboxylic acids is 1. The first-order valence-electron chi connectivity index (χ1n) is 6.40. The van der Waals surface area contributed by atoms with E-state index in [0.29, 0.717) is 0 Å². The lowest BCUT2D eigenvalue weighted by atomic mass is 10.4. The molecule has 1 amide bonds. The van der Waals surface area contributed by atoms with Gasteiger partial charge in [-0.3, -0.25) is 9.59 Å². The third kappa shape index (κ3) is 3.54. The number of nitrogens with zero attached hydrogens (tertiary/aromatic N) is 3. The van der Waals surface area contributed by atoms with Crippen LogP contribution >= 0.6 is 0 Å². The predicted octanol–water partition coefficient (Wildman–Crippen LogP) is -1.05. The SMILES string of the molecule is O=C(Cn1ncc(N2CCCC2)cc1=O)NCCO. The molecule has 1 saturated heterocycles. The van der Waals surface area contributed by atoms with Crippen molar-refractivity contribution in [2.24, 2.45) is 0 Å². The Labute approximate surface area is 110 Å². The molecule has 0 unspecified atom stereocenters. The zero-order valence-electron chi connectivity index (χ0n) is 10.7. The van der Waals surface area contributed by atoms with E-state index in [0.717, 1.165) is 36.3 Å². The molecule has 1 aromatic rings. The summed E-state index contributed by atoms with van der Waals surface area (Å²) in [5.74, 6) is -0.336. The second-order valence-corrected chi connectivity index (χ2v) is 4.48. The Kier molecular flexibility index (Phi) is 4.51. The fraction of sp³-hybridized carbons (Fsp3) is 0.583. The van der Waals surface area contributed by atoms with E-state index >= 15 is 0 Å². The highest BCUT2D eigenvalue weighted by Gasteiger charge is 2.14. The first-order valence-corrected chi connectivity index (χ1v) is 6.40. The molecule has 2 rings (SSSR count). The van der Waals surface area contributed by atoms with Gasteiger partial charge in [-0.05, 0) is 12.8 Å². The van der Waals surface area contributed by atoms with E-state index in [9.17, 15) is 9.59 Å². The van der Waals surface area contributed by atoms with E-state index in [1.807, 2.05) is 0 Å². The molecular formula is C12H18N4O3. The van der Waals surface area contributed by atoms with E-state index in [4.69, 9.17) is 5.11 Å². The summed E-state index contributed by atoms with van der Waals surface area (Å²) in [6, 6.07) is 1.51.